The molecule has 2 amide bonds. The number of carbonyl (C=O) groups excluding carboxylic acids is 2. The maximum atomic E-state index is 12.3. The smallest absolute Gasteiger partial charge is 0.255 e. The van der Waals surface area contributed by atoms with Crippen LogP contribution in [0.15, 0.2) is 36.4 Å². The van der Waals surface area contributed by atoms with Crippen LogP contribution in [0.5, 0.6) is 5.75 Å². The summed E-state index contributed by atoms with van der Waals surface area (Å²) in [5.41, 5.74) is 0.187. The van der Waals surface area contributed by atoms with Crippen molar-refractivity contribution in [1.29, 1.82) is 0 Å². The molecule has 3 N–H and O–H groups in total. The van der Waals surface area contributed by atoms with Crippen molar-refractivity contribution in [2.75, 3.05) is 6.54 Å². The first-order chi connectivity index (χ1) is 10.1. The standard InChI is InChI=1S/C16H16N2O3/c19-14-9-11-5-2-1-4-10(11)8-12(14)15(20)18-13-6-3-7-17-16(13)21/h1-2,4-5,8-9,13,19H,3,6-7H2,(H,17,21)(H,18,20). The van der Waals surface area contributed by atoms with Crippen LogP contribution in [0.1, 0.15) is 23.2 Å². The quantitative estimate of drug-likeness (QED) is 0.783. The van der Waals surface area contributed by atoms with Gasteiger partial charge in [-0.15, -0.1) is 0 Å². The second-order valence-corrected chi connectivity index (χ2v) is 5.18. The second-order valence-electron chi connectivity index (χ2n) is 5.18. The minimum absolute atomic E-state index is 0.0811. The molecule has 1 fully saturated rings. The maximum Gasteiger partial charge on any atom is 0.255 e. The van der Waals surface area contributed by atoms with Crippen LogP contribution in [-0.4, -0.2) is 29.5 Å². The number of aromatic hydroxyl groups is 1. The number of fused-ring (bicyclic) bond motifs is 1. The summed E-state index contributed by atoms with van der Waals surface area (Å²) in [6.07, 6.45) is 1.45. The van der Waals surface area contributed by atoms with E-state index in [9.17, 15) is 14.7 Å². The van der Waals surface area contributed by atoms with Crippen LogP contribution >= 0.6 is 0 Å². The molecule has 5 heteroatoms. The highest BCUT2D eigenvalue weighted by molar-refractivity contribution is 6.03. The molecule has 0 aromatic heterocycles. The predicted molar refractivity (Wildman–Crippen MR) is 79.1 cm³/mol. The highest BCUT2D eigenvalue weighted by atomic mass is 16.3. The van der Waals surface area contributed by atoms with Crippen molar-refractivity contribution < 1.29 is 14.7 Å². The fourth-order valence-electron chi connectivity index (χ4n) is 2.56. The Kier molecular flexibility index (Phi) is 3.48. The van der Waals surface area contributed by atoms with Crippen molar-refractivity contribution in [3.63, 3.8) is 0 Å². The lowest BCUT2D eigenvalue weighted by Crippen LogP contribution is -2.50. The zero-order chi connectivity index (χ0) is 14.8. The molecule has 5 nitrogen and oxygen atoms in total. The number of hydrogen-bond acceptors (Lipinski definition) is 3. The molecule has 3 rings (SSSR count). The number of carbonyl (C=O) groups is 2. The molecule has 21 heavy (non-hydrogen) atoms. The topological polar surface area (TPSA) is 78.4 Å². The number of amides is 2. The molecule has 1 saturated heterocycles. The van der Waals surface area contributed by atoms with Crippen molar-refractivity contribution >= 4 is 22.6 Å². The molecule has 2 aromatic carbocycles. The van der Waals surface area contributed by atoms with Crippen LogP contribution in [0.4, 0.5) is 0 Å². The monoisotopic (exact) mass is 284 g/mol. The Morgan fingerprint density at radius 3 is 2.67 bits per heavy atom. The lowest BCUT2D eigenvalue weighted by molar-refractivity contribution is -0.124. The average Bonchev–Trinajstić information content (AvgIpc) is 2.49. The Bertz CT molecular complexity index is 712. The molecule has 0 aliphatic carbocycles. The molecule has 1 atom stereocenters. The third kappa shape index (κ3) is 2.67. The number of benzene rings is 2. The van der Waals surface area contributed by atoms with Crippen LogP contribution in [0.2, 0.25) is 0 Å². The summed E-state index contributed by atoms with van der Waals surface area (Å²) in [4.78, 5) is 23.9. The highest BCUT2D eigenvalue weighted by Crippen LogP contribution is 2.25. The number of hydrogen-bond donors (Lipinski definition) is 3. The Labute approximate surface area is 122 Å². The van der Waals surface area contributed by atoms with E-state index in [1.165, 1.54) is 0 Å². The molecular weight excluding hydrogens is 268 g/mol. The average molecular weight is 284 g/mol. The number of phenolic OH excluding ortho intramolecular Hbond substituents is 1. The van der Waals surface area contributed by atoms with Gasteiger partial charge in [0.2, 0.25) is 5.91 Å². The van der Waals surface area contributed by atoms with Gasteiger partial charge in [-0.2, -0.15) is 0 Å². The van der Waals surface area contributed by atoms with Gasteiger partial charge in [-0.25, -0.2) is 0 Å². The van der Waals surface area contributed by atoms with Gasteiger partial charge in [-0.3, -0.25) is 9.59 Å². The summed E-state index contributed by atoms with van der Waals surface area (Å²) >= 11 is 0. The van der Waals surface area contributed by atoms with E-state index in [1.807, 2.05) is 24.3 Å². The molecule has 1 aliphatic heterocycles. The number of piperidine rings is 1. The fraction of sp³-hybridized carbons (Fsp3) is 0.250. The molecular formula is C16H16N2O3. The maximum absolute atomic E-state index is 12.3. The number of rotatable bonds is 2. The molecule has 0 saturated carbocycles. The summed E-state index contributed by atoms with van der Waals surface area (Å²) in [7, 11) is 0. The molecule has 1 heterocycles. The van der Waals surface area contributed by atoms with E-state index in [1.54, 1.807) is 12.1 Å². The Balaban J connectivity index is 1.87. The van der Waals surface area contributed by atoms with E-state index in [-0.39, 0.29) is 17.2 Å². The first kappa shape index (κ1) is 13.4. The fourth-order valence-corrected chi connectivity index (χ4v) is 2.56. The van der Waals surface area contributed by atoms with Gasteiger partial charge in [0.25, 0.3) is 5.91 Å². The van der Waals surface area contributed by atoms with Gasteiger partial charge in [0.15, 0.2) is 0 Å². The van der Waals surface area contributed by atoms with Crippen molar-refractivity contribution in [3.8, 4) is 5.75 Å². The predicted octanol–water partition coefficient (Wildman–Crippen LogP) is 1.55. The van der Waals surface area contributed by atoms with Crippen LogP contribution in [0, 0.1) is 0 Å². The molecule has 2 aromatic rings. The van der Waals surface area contributed by atoms with Crippen LogP contribution < -0.4 is 10.6 Å². The third-order valence-electron chi connectivity index (χ3n) is 3.70. The van der Waals surface area contributed by atoms with Gasteiger partial charge in [0.05, 0.1) is 5.56 Å². The minimum Gasteiger partial charge on any atom is -0.507 e. The van der Waals surface area contributed by atoms with Crippen LogP contribution in [-0.2, 0) is 4.79 Å². The van der Waals surface area contributed by atoms with Crippen molar-refractivity contribution in [1.82, 2.24) is 10.6 Å². The first-order valence-electron chi connectivity index (χ1n) is 6.95. The number of nitrogens with one attached hydrogen (secondary N) is 2. The molecule has 0 radical (unpaired) electrons. The van der Waals surface area contributed by atoms with E-state index < -0.39 is 11.9 Å². The Hall–Kier alpha value is -2.56. The van der Waals surface area contributed by atoms with Gasteiger partial charge in [-0.1, -0.05) is 24.3 Å². The highest BCUT2D eigenvalue weighted by Gasteiger charge is 2.25. The van der Waals surface area contributed by atoms with E-state index in [4.69, 9.17) is 0 Å². The van der Waals surface area contributed by atoms with Gasteiger partial charge in [0.1, 0.15) is 11.8 Å². The third-order valence-corrected chi connectivity index (χ3v) is 3.70. The summed E-state index contributed by atoms with van der Waals surface area (Å²) in [5, 5.41) is 17.1. The van der Waals surface area contributed by atoms with E-state index >= 15 is 0 Å². The van der Waals surface area contributed by atoms with Gasteiger partial charge < -0.3 is 15.7 Å². The summed E-state index contributed by atoms with van der Waals surface area (Å²) in [6.45, 7) is 0.645. The largest absolute Gasteiger partial charge is 0.507 e. The molecule has 0 bridgehead atoms. The SMILES string of the molecule is O=C(NC1CCCNC1=O)c1cc2ccccc2cc1O. The van der Waals surface area contributed by atoms with Gasteiger partial charge in [-0.05, 0) is 35.7 Å². The Morgan fingerprint density at radius 2 is 1.95 bits per heavy atom. The van der Waals surface area contributed by atoms with Crippen molar-refractivity contribution in [2.24, 2.45) is 0 Å². The van der Waals surface area contributed by atoms with E-state index in [0.717, 1.165) is 17.2 Å². The van der Waals surface area contributed by atoms with E-state index in [2.05, 4.69) is 10.6 Å². The molecule has 0 spiro atoms. The lowest BCUT2D eigenvalue weighted by Gasteiger charge is -2.23. The van der Waals surface area contributed by atoms with Crippen molar-refractivity contribution in [3.05, 3.63) is 42.0 Å². The number of phenols is 1. The van der Waals surface area contributed by atoms with Crippen LogP contribution in [0.25, 0.3) is 10.8 Å². The summed E-state index contributed by atoms with van der Waals surface area (Å²) in [6, 6.07) is 10.1. The minimum atomic E-state index is -0.530. The summed E-state index contributed by atoms with van der Waals surface area (Å²) in [5.74, 6) is -0.683. The molecule has 1 unspecified atom stereocenters. The zero-order valence-electron chi connectivity index (χ0n) is 11.4. The summed E-state index contributed by atoms with van der Waals surface area (Å²) < 4.78 is 0. The zero-order valence-corrected chi connectivity index (χ0v) is 11.4. The Morgan fingerprint density at radius 1 is 1.24 bits per heavy atom. The molecule has 108 valence electrons. The van der Waals surface area contributed by atoms with Crippen molar-refractivity contribution in [2.45, 2.75) is 18.9 Å². The normalized spacial score (nSPS) is 18.3. The first-order valence-corrected chi connectivity index (χ1v) is 6.95. The van der Waals surface area contributed by atoms with Crippen LogP contribution in [0.3, 0.4) is 0 Å². The lowest BCUT2D eigenvalue weighted by atomic mass is 10.0. The second kappa shape index (κ2) is 5.44. The van der Waals surface area contributed by atoms with Gasteiger partial charge >= 0.3 is 0 Å². The van der Waals surface area contributed by atoms with Gasteiger partial charge in [0, 0.05) is 6.54 Å². The van der Waals surface area contributed by atoms with E-state index in [0.29, 0.717) is 13.0 Å². The molecule has 1 aliphatic rings.